The lowest BCUT2D eigenvalue weighted by atomic mass is 10.2. The Morgan fingerprint density at radius 3 is 2.43 bits per heavy atom. The third-order valence-corrected chi connectivity index (χ3v) is 5.47. The van der Waals surface area contributed by atoms with Gasteiger partial charge in [-0.3, -0.25) is 14.8 Å². The van der Waals surface area contributed by atoms with Crippen LogP contribution in [0, 0.1) is 0 Å². The first-order valence-corrected chi connectivity index (χ1v) is 10.7. The third kappa shape index (κ3) is 6.85. The van der Waals surface area contributed by atoms with Crippen molar-refractivity contribution in [3.05, 3.63) is 52.7 Å². The van der Waals surface area contributed by atoms with Crippen LogP contribution in [0.1, 0.15) is 25.1 Å². The second kappa shape index (κ2) is 11.9. The summed E-state index contributed by atoms with van der Waals surface area (Å²) < 4.78 is 0. The van der Waals surface area contributed by atoms with Crippen LogP contribution in [0.4, 0.5) is 10.5 Å². The second-order valence-corrected chi connectivity index (χ2v) is 7.83. The number of amides is 4. The number of urea groups is 1. The van der Waals surface area contributed by atoms with Gasteiger partial charge in [0.15, 0.2) is 0 Å². The van der Waals surface area contributed by atoms with Crippen LogP contribution >= 0.6 is 11.3 Å². The average molecular weight is 433 g/mol. The minimum atomic E-state index is -0.890. The molecule has 1 aromatic carbocycles. The highest BCUT2D eigenvalue weighted by Gasteiger charge is 2.30. The van der Waals surface area contributed by atoms with Gasteiger partial charge in [-0.25, -0.2) is 10.3 Å². The van der Waals surface area contributed by atoms with Crippen molar-refractivity contribution < 1.29 is 19.6 Å². The zero-order chi connectivity index (χ0) is 21.9. The van der Waals surface area contributed by atoms with Gasteiger partial charge in [0.2, 0.25) is 5.91 Å². The number of nitrogens with zero attached hydrogens (tertiary/aromatic N) is 2. The molecule has 0 saturated heterocycles. The average Bonchev–Trinajstić information content (AvgIpc) is 3.27. The predicted molar refractivity (Wildman–Crippen MR) is 116 cm³/mol. The van der Waals surface area contributed by atoms with Crippen molar-refractivity contribution in [2.24, 2.45) is 0 Å². The summed E-state index contributed by atoms with van der Waals surface area (Å²) in [5, 5.41) is 13.7. The Balaban J connectivity index is 2.12. The molecule has 0 aliphatic carbocycles. The van der Waals surface area contributed by atoms with Crippen LogP contribution in [0.5, 0.6) is 0 Å². The smallest absolute Gasteiger partial charge is 0.321 e. The van der Waals surface area contributed by atoms with E-state index in [1.165, 1.54) is 9.80 Å². The lowest BCUT2D eigenvalue weighted by Crippen LogP contribution is -2.54. The Hall–Kier alpha value is -2.91. The summed E-state index contributed by atoms with van der Waals surface area (Å²) >= 11 is 1.57. The molecule has 9 heteroatoms. The van der Waals surface area contributed by atoms with E-state index in [9.17, 15) is 14.4 Å². The SMILES string of the molecule is CCCN(CC(=O)Nc1ccccc1)C(=O)N(CCc1cccs1)C(C)C(=O)NO. The zero-order valence-corrected chi connectivity index (χ0v) is 18.0. The minimum Gasteiger partial charge on any atom is -0.325 e. The summed E-state index contributed by atoms with van der Waals surface area (Å²) in [5.74, 6) is -1.000. The Kier molecular flexibility index (Phi) is 9.30. The van der Waals surface area contributed by atoms with Crippen molar-refractivity contribution in [3.8, 4) is 0 Å². The van der Waals surface area contributed by atoms with Crippen LogP contribution in [0.3, 0.4) is 0 Å². The van der Waals surface area contributed by atoms with E-state index < -0.39 is 18.0 Å². The standard InChI is InChI=1S/C21H28N4O4S/c1-3-12-24(15-19(26)22-17-8-5-4-6-9-17)21(28)25(16(2)20(27)23-29)13-11-18-10-7-14-30-18/h4-10,14,16,29H,3,11-13,15H2,1-2H3,(H,22,26)(H,23,27). The first-order valence-electron chi connectivity index (χ1n) is 9.83. The third-order valence-electron chi connectivity index (χ3n) is 4.54. The first kappa shape index (κ1) is 23.4. The summed E-state index contributed by atoms with van der Waals surface area (Å²) in [5.41, 5.74) is 2.26. The number of carbonyl (C=O) groups is 3. The minimum absolute atomic E-state index is 0.134. The van der Waals surface area contributed by atoms with Gasteiger partial charge in [0, 0.05) is 23.7 Å². The molecule has 0 spiro atoms. The molecule has 0 aliphatic rings. The zero-order valence-electron chi connectivity index (χ0n) is 17.2. The Morgan fingerprint density at radius 2 is 1.83 bits per heavy atom. The number of carbonyl (C=O) groups excluding carboxylic acids is 3. The maximum absolute atomic E-state index is 13.3. The quantitative estimate of drug-likeness (QED) is 0.397. The molecule has 162 valence electrons. The van der Waals surface area contributed by atoms with E-state index in [0.29, 0.717) is 25.1 Å². The number of benzene rings is 1. The number of para-hydroxylation sites is 1. The fraction of sp³-hybridized carbons (Fsp3) is 0.381. The number of hydrogen-bond acceptors (Lipinski definition) is 5. The first-order chi connectivity index (χ1) is 14.5. The van der Waals surface area contributed by atoms with E-state index in [4.69, 9.17) is 5.21 Å². The summed E-state index contributed by atoms with van der Waals surface area (Å²) in [7, 11) is 0. The molecule has 3 N–H and O–H groups in total. The lowest BCUT2D eigenvalue weighted by molar-refractivity contribution is -0.133. The number of hydrogen-bond donors (Lipinski definition) is 3. The molecule has 1 unspecified atom stereocenters. The van der Waals surface area contributed by atoms with Crippen LogP contribution < -0.4 is 10.8 Å². The Morgan fingerprint density at radius 1 is 1.10 bits per heavy atom. The maximum Gasteiger partial charge on any atom is 0.321 e. The predicted octanol–water partition coefficient (Wildman–Crippen LogP) is 2.96. The van der Waals surface area contributed by atoms with Crippen LogP contribution in [0.25, 0.3) is 0 Å². The van der Waals surface area contributed by atoms with E-state index in [-0.39, 0.29) is 19.0 Å². The molecule has 2 rings (SSSR count). The molecular formula is C21H28N4O4S. The van der Waals surface area contributed by atoms with Crippen molar-refractivity contribution in [1.82, 2.24) is 15.3 Å². The van der Waals surface area contributed by atoms with Crippen molar-refractivity contribution in [3.63, 3.8) is 0 Å². The van der Waals surface area contributed by atoms with Gasteiger partial charge in [-0.05, 0) is 43.3 Å². The summed E-state index contributed by atoms with van der Waals surface area (Å²) in [6, 6.07) is 11.6. The second-order valence-electron chi connectivity index (χ2n) is 6.79. The highest BCUT2D eigenvalue weighted by atomic mass is 32.1. The van der Waals surface area contributed by atoms with Crippen molar-refractivity contribution in [2.45, 2.75) is 32.7 Å². The van der Waals surface area contributed by atoms with E-state index in [1.807, 2.05) is 42.6 Å². The van der Waals surface area contributed by atoms with E-state index in [2.05, 4.69) is 5.32 Å². The Labute approximate surface area is 180 Å². The molecule has 1 atom stereocenters. The number of rotatable bonds is 10. The fourth-order valence-corrected chi connectivity index (χ4v) is 3.66. The highest BCUT2D eigenvalue weighted by molar-refractivity contribution is 7.09. The molecule has 4 amide bonds. The molecule has 0 fully saturated rings. The van der Waals surface area contributed by atoms with Gasteiger partial charge < -0.3 is 15.1 Å². The van der Waals surface area contributed by atoms with E-state index in [1.54, 1.807) is 35.9 Å². The van der Waals surface area contributed by atoms with Gasteiger partial charge in [0.1, 0.15) is 12.6 Å². The van der Waals surface area contributed by atoms with Gasteiger partial charge in [-0.2, -0.15) is 0 Å². The summed E-state index contributed by atoms with van der Waals surface area (Å²) in [6.07, 6.45) is 1.23. The summed E-state index contributed by atoms with van der Waals surface area (Å²) in [4.78, 5) is 41.6. The molecule has 30 heavy (non-hydrogen) atoms. The number of hydroxylamine groups is 1. The molecule has 0 bridgehead atoms. The molecule has 1 heterocycles. The van der Waals surface area contributed by atoms with Crippen molar-refractivity contribution >= 4 is 34.9 Å². The fourth-order valence-electron chi connectivity index (χ4n) is 2.96. The number of nitrogens with one attached hydrogen (secondary N) is 2. The largest absolute Gasteiger partial charge is 0.325 e. The molecular weight excluding hydrogens is 404 g/mol. The maximum atomic E-state index is 13.3. The normalized spacial score (nSPS) is 11.4. The van der Waals surface area contributed by atoms with E-state index in [0.717, 1.165) is 4.88 Å². The highest BCUT2D eigenvalue weighted by Crippen LogP contribution is 2.14. The Bertz CT molecular complexity index is 814. The molecule has 0 radical (unpaired) electrons. The van der Waals surface area contributed by atoms with Gasteiger partial charge in [0.05, 0.1) is 0 Å². The van der Waals surface area contributed by atoms with Crippen LogP contribution in [-0.2, 0) is 16.0 Å². The molecule has 8 nitrogen and oxygen atoms in total. The summed E-state index contributed by atoms with van der Waals surface area (Å²) in [6.45, 7) is 3.98. The van der Waals surface area contributed by atoms with Gasteiger partial charge in [0.25, 0.3) is 5.91 Å². The van der Waals surface area contributed by atoms with Crippen molar-refractivity contribution in [1.29, 1.82) is 0 Å². The lowest BCUT2D eigenvalue weighted by Gasteiger charge is -2.33. The van der Waals surface area contributed by atoms with Crippen LogP contribution in [0.2, 0.25) is 0 Å². The van der Waals surface area contributed by atoms with Gasteiger partial charge >= 0.3 is 6.03 Å². The van der Waals surface area contributed by atoms with Gasteiger partial charge in [-0.1, -0.05) is 31.2 Å². The van der Waals surface area contributed by atoms with Crippen molar-refractivity contribution in [2.75, 3.05) is 25.0 Å². The van der Waals surface area contributed by atoms with Crippen LogP contribution in [0.15, 0.2) is 47.8 Å². The van der Waals surface area contributed by atoms with Crippen LogP contribution in [-0.4, -0.2) is 58.5 Å². The molecule has 1 aromatic heterocycles. The molecule has 2 aromatic rings. The molecule has 0 saturated carbocycles. The number of anilines is 1. The van der Waals surface area contributed by atoms with Gasteiger partial charge in [-0.15, -0.1) is 11.3 Å². The molecule has 0 aliphatic heterocycles. The monoisotopic (exact) mass is 432 g/mol. The topological polar surface area (TPSA) is 102 Å². The van der Waals surface area contributed by atoms with E-state index >= 15 is 0 Å². The number of thiophene rings is 1.